The summed E-state index contributed by atoms with van der Waals surface area (Å²) in [4.78, 5) is 0. The minimum Gasteiger partial charge on any atom is -0.323 e. The van der Waals surface area contributed by atoms with Gasteiger partial charge >= 0.3 is 0 Å². The summed E-state index contributed by atoms with van der Waals surface area (Å²) in [6, 6.07) is 6.34. The third-order valence-corrected chi connectivity index (χ3v) is 3.70. The van der Waals surface area contributed by atoms with Crippen LogP contribution < -0.4 is 5.73 Å². The zero-order chi connectivity index (χ0) is 14.0. The Morgan fingerprint density at radius 1 is 1.32 bits per heavy atom. The van der Waals surface area contributed by atoms with E-state index >= 15 is 0 Å². The van der Waals surface area contributed by atoms with E-state index in [-0.39, 0.29) is 17.3 Å². The fourth-order valence-electron chi connectivity index (χ4n) is 2.19. The van der Waals surface area contributed by atoms with E-state index in [1.807, 2.05) is 17.8 Å². The first kappa shape index (κ1) is 13.7. The molecule has 2 aromatic rings. The maximum atomic E-state index is 13.0. The van der Waals surface area contributed by atoms with Gasteiger partial charge < -0.3 is 5.73 Å². The van der Waals surface area contributed by atoms with Gasteiger partial charge in [0.15, 0.2) is 0 Å². The first-order valence-electron chi connectivity index (χ1n) is 6.49. The lowest BCUT2D eigenvalue weighted by molar-refractivity contribution is 0.419. The summed E-state index contributed by atoms with van der Waals surface area (Å²) < 4.78 is 14.9. The van der Waals surface area contributed by atoms with Gasteiger partial charge in [0.1, 0.15) is 5.82 Å². The Hall–Kier alpha value is -1.68. The molecule has 0 radical (unpaired) electrons. The van der Waals surface area contributed by atoms with E-state index in [1.165, 1.54) is 12.1 Å². The molecule has 1 atom stereocenters. The Morgan fingerprint density at radius 2 is 1.95 bits per heavy atom. The molecule has 0 saturated heterocycles. The number of rotatable bonds is 4. The quantitative estimate of drug-likeness (QED) is 0.919. The second-order valence-corrected chi connectivity index (χ2v) is 5.34. The summed E-state index contributed by atoms with van der Waals surface area (Å²) in [6.07, 6.45) is 3.77. The van der Waals surface area contributed by atoms with Crippen molar-refractivity contribution in [2.24, 2.45) is 5.73 Å². The van der Waals surface area contributed by atoms with Crippen molar-refractivity contribution in [2.75, 3.05) is 0 Å². The van der Waals surface area contributed by atoms with Gasteiger partial charge in [-0.3, -0.25) is 4.68 Å². The Labute approximate surface area is 113 Å². The third kappa shape index (κ3) is 2.68. The summed E-state index contributed by atoms with van der Waals surface area (Å²) in [5, 5.41) is 4.25. The average Bonchev–Trinajstić information content (AvgIpc) is 2.87. The van der Waals surface area contributed by atoms with E-state index in [2.05, 4.69) is 18.9 Å². The highest BCUT2D eigenvalue weighted by atomic mass is 19.1. The predicted molar refractivity (Wildman–Crippen MR) is 74.3 cm³/mol. The number of nitrogens with zero attached hydrogens (tertiary/aromatic N) is 2. The van der Waals surface area contributed by atoms with Gasteiger partial charge in [-0.1, -0.05) is 26.0 Å². The van der Waals surface area contributed by atoms with Crippen LogP contribution in [-0.2, 0) is 12.0 Å². The normalized spacial score (nSPS) is 13.5. The van der Waals surface area contributed by atoms with Gasteiger partial charge in [-0.15, -0.1) is 0 Å². The van der Waals surface area contributed by atoms with Crippen LogP contribution in [0.1, 0.15) is 37.9 Å². The van der Waals surface area contributed by atoms with Crippen LogP contribution in [0.25, 0.3) is 0 Å². The minimum absolute atomic E-state index is 0.182. The molecule has 0 aliphatic heterocycles. The highest BCUT2D eigenvalue weighted by molar-refractivity contribution is 5.30. The fourth-order valence-corrected chi connectivity index (χ4v) is 2.19. The second kappa shape index (κ2) is 5.13. The first-order valence-corrected chi connectivity index (χ1v) is 6.49. The molecule has 0 amide bonds. The molecule has 0 aliphatic carbocycles. The zero-order valence-corrected chi connectivity index (χ0v) is 11.6. The molecule has 1 aromatic heterocycles. The molecular weight excluding hydrogens is 241 g/mol. The Bertz CT molecular complexity index is 543. The lowest BCUT2D eigenvalue weighted by atomic mass is 9.76. The lowest BCUT2D eigenvalue weighted by Gasteiger charge is -2.31. The summed E-state index contributed by atoms with van der Waals surface area (Å²) in [6.45, 7) is 6.99. The zero-order valence-electron chi connectivity index (χ0n) is 11.6. The molecular formula is C15H20FN3. The Kier molecular flexibility index (Phi) is 3.71. The summed E-state index contributed by atoms with van der Waals surface area (Å²) in [5.74, 6) is -0.230. The highest BCUT2D eigenvalue weighted by Crippen LogP contribution is 2.34. The number of hydrogen-bond acceptors (Lipinski definition) is 2. The van der Waals surface area contributed by atoms with Crippen LogP contribution in [0.4, 0.5) is 4.39 Å². The standard InChI is InChI=1S/C15H20FN3/c1-4-19-10-11(9-18-19)14(17)15(2,3)12-5-7-13(16)8-6-12/h5-10,14H,4,17H2,1-3H3. The number of aromatic nitrogens is 2. The number of hydrogen-bond donors (Lipinski definition) is 1. The molecule has 1 aromatic carbocycles. The van der Waals surface area contributed by atoms with E-state index in [0.29, 0.717) is 0 Å². The maximum absolute atomic E-state index is 13.0. The van der Waals surface area contributed by atoms with Gasteiger partial charge in [0.25, 0.3) is 0 Å². The predicted octanol–water partition coefficient (Wildman–Crippen LogP) is 3.02. The molecule has 0 spiro atoms. The monoisotopic (exact) mass is 261 g/mol. The van der Waals surface area contributed by atoms with E-state index in [0.717, 1.165) is 17.7 Å². The lowest BCUT2D eigenvalue weighted by Crippen LogP contribution is -2.33. The molecule has 3 nitrogen and oxygen atoms in total. The maximum Gasteiger partial charge on any atom is 0.123 e. The van der Waals surface area contributed by atoms with Gasteiger partial charge in [0.2, 0.25) is 0 Å². The van der Waals surface area contributed by atoms with Crippen LogP contribution in [0.2, 0.25) is 0 Å². The van der Waals surface area contributed by atoms with Crippen molar-refractivity contribution in [3.8, 4) is 0 Å². The topological polar surface area (TPSA) is 43.8 Å². The van der Waals surface area contributed by atoms with Gasteiger partial charge in [-0.25, -0.2) is 4.39 Å². The van der Waals surface area contributed by atoms with Crippen molar-refractivity contribution in [1.29, 1.82) is 0 Å². The van der Waals surface area contributed by atoms with Crippen LogP contribution in [0.15, 0.2) is 36.7 Å². The van der Waals surface area contributed by atoms with Gasteiger partial charge in [-0.2, -0.15) is 5.10 Å². The number of halogens is 1. The van der Waals surface area contributed by atoms with Crippen molar-refractivity contribution < 1.29 is 4.39 Å². The van der Waals surface area contributed by atoms with Crippen molar-refractivity contribution >= 4 is 0 Å². The van der Waals surface area contributed by atoms with Crippen molar-refractivity contribution in [3.63, 3.8) is 0 Å². The summed E-state index contributed by atoms with van der Waals surface area (Å²) in [7, 11) is 0. The SMILES string of the molecule is CCn1cc(C(N)C(C)(C)c2ccc(F)cc2)cn1. The highest BCUT2D eigenvalue weighted by Gasteiger charge is 2.30. The van der Waals surface area contributed by atoms with Crippen LogP contribution in [0.3, 0.4) is 0 Å². The van der Waals surface area contributed by atoms with Crippen LogP contribution in [0, 0.1) is 5.82 Å². The van der Waals surface area contributed by atoms with Gasteiger partial charge in [-0.05, 0) is 24.6 Å². The number of nitrogens with two attached hydrogens (primary N) is 1. The molecule has 1 heterocycles. The molecule has 1 unspecified atom stereocenters. The molecule has 0 aliphatic rings. The Morgan fingerprint density at radius 3 is 2.47 bits per heavy atom. The second-order valence-electron chi connectivity index (χ2n) is 5.34. The van der Waals surface area contributed by atoms with Crippen LogP contribution in [-0.4, -0.2) is 9.78 Å². The minimum atomic E-state index is -0.282. The number of benzene rings is 1. The van der Waals surface area contributed by atoms with Crippen molar-refractivity contribution in [2.45, 2.75) is 38.8 Å². The van der Waals surface area contributed by atoms with E-state index in [1.54, 1.807) is 18.3 Å². The smallest absolute Gasteiger partial charge is 0.123 e. The Balaban J connectivity index is 2.29. The molecule has 0 fully saturated rings. The van der Waals surface area contributed by atoms with E-state index < -0.39 is 0 Å². The summed E-state index contributed by atoms with van der Waals surface area (Å²) in [5.41, 5.74) is 8.10. The van der Waals surface area contributed by atoms with E-state index in [4.69, 9.17) is 5.73 Å². The van der Waals surface area contributed by atoms with Crippen LogP contribution in [0.5, 0.6) is 0 Å². The molecule has 0 saturated carbocycles. The molecule has 0 bridgehead atoms. The molecule has 2 rings (SSSR count). The third-order valence-electron chi connectivity index (χ3n) is 3.70. The van der Waals surface area contributed by atoms with E-state index in [9.17, 15) is 4.39 Å². The van der Waals surface area contributed by atoms with Crippen molar-refractivity contribution in [3.05, 3.63) is 53.6 Å². The molecule has 4 heteroatoms. The molecule has 102 valence electrons. The summed E-state index contributed by atoms with van der Waals surface area (Å²) >= 11 is 0. The molecule has 19 heavy (non-hydrogen) atoms. The average molecular weight is 261 g/mol. The fraction of sp³-hybridized carbons (Fsp3) is 0.400. The number of aryl methyl sites for hydroxylation is 1. The van der Waals surface area contributed by atoms with Crippen molar-refractivity contribution in [1.82, 2.24) is 9.78 Å². The van der Waals surface area contributed by atoms with Gasteiger partial charge in [0.05, 0.1) is 6.20 Å². The molecule has 2 N–H and O–H groups in total. The van der Waals surface area contributed by atoms with Crippen LogP contribution >= 0.6 is 0 Å². The largest absolute Gasteiger partial charge is 0.323 e. The van der Waals surface area contributed by atoms with Gasteiger partial charge in [0, 0.05) is 29.8 Å². The first-order chi connectivity index (χ1) is 8.95.